The van der Waals surface area contributed by atoms with E-state index in [1.54, 1.807) is 0 Å². The van der Waals surface area contributed by atoms with E-state index in [2.05, 4.69) is 19.2 Å². The molecule has 1 rings (SSSR count). The normalized spacial score (nSPS) is 22.3. The van der Waals surface area contributed by atoms with Gasteiger partial charge in [0.2, 0.25) is 0 Å². The summed E-state index contributed by atoms with van der Waals surface area (Å²) in [6.07, 6.45) is 6.22. The Kier molecular flexibility index (Phi) is 7.21. The summed E-state index contributed by atoms with van der Waals surface area (Å²) in [7, 11) is 0. The second kappa shape index (κ2) is 8.41. The van der Waals surface area contributed by atoms with E-state index in [0.717, 1.165) is 32.2 Å². The van der Waals surface area contributed by atoms with Crippen LogP contribution in [0.15, 0.2) is 0 Å². The van der Waals surface area contributed by atoms with Gasteiger partial charge in [-0.2, -0.15) is 0 Å². The summed E-state index contributed by atoms with van der Waals surface area (Å²) >= 11 is 0. The average Bonchev–Trinajstić information content (AvgIpc) is 2.85. The summed E-state index contributed by atoms with van der Waals surface area (Å²) in [4.78, 5) is 14.3. The van der Waals surface area contributed by atoms with Gasteiger partial charge in [-0.3, -0.25) is 0 Å². The number of nitrogens with one attached hydrogen (secondary N) is 1. The van der Waals surface area contributed by atoms with Crippen molar-refractivity contribution < 1.29 is 9.90 Å². The van der Waals surface area contributed by atoms with Crippen LogP contribution in [0.4, 0.5) is 4.79 Å². The van der Waals surface area contributed by atoms with Crippen molar-refractivity contribution >= 4 is 6.03 Å². The Hall–Kier alpha value is -0.770. The van der Waals surface area contributed by atoms with Gasteiger partial charge in [0, 0.05) is 25.2 Å². The molecule has 4 heteroatoms. The number of hydrogen-bond acceptors (Lipinski definition) is 2. The summed E-state index contributed by atoms with van der Waals surface area (Å²) in [5.41, 5.74) is 0. The minimum absolute atomic E-state index is 0.0795. The fourth-order valence-corrected chi connectivity index (χ4v) is 3.05. The van der Waals surface area contributed by atoms with Crippen molar-refractivity contribution in [2.24, 2.45) is 5.92 Å². The largest absolute Gasteiger partial charge is 0.396 e. The van der Waals surface area contributed by atoms with Gasteiger partial charge in [-0.15, -0.1) is 0 Å². The van der Waals surface area contributed by atoms with Gasteiger partial charge in [0.25, 0.3) is 0 Å². The number of aliphatic hydroxyl groups excluding tert-OH is 1. The first-order valence-corrected chi connectivity index (χ1v) is 7.78. The van der Waals surface area contributed by atoms with Crippen LogP contribution in [0.5, 0.6) is 0 Å². The quantitative estimate of drug-likeness (QED) is 0.747. The van der Waals surface area contributed by atoms with Gasteiger partial charge in [0.05, 0.1) is 0 Å². The number of likely N-dealkylation sites (tertiary alicyclic amines) is 1. The highest BCUT2D eigenvalue weighted by Gasteiger charge is 2.32. The number of carbonyl (C=O) groups excluding carboxylic acids is 1. The van der Waals surface area contributed by atoms with Crippen molar-refractivity contribution in [1.82, 2.24) is 10.2 Å². The molecule has 0 aliphatic carbocycles. The standard InChI is InChI=1S/C15H30N2O2/c1-4-7-12(2)14-9-5-10-17(14)15(19)16-13(3)8-6-11-18/h12-14,18H,4-11H2,1-3H3,(H,16,19). The van der Waals surface area contributed by atoms with Crippen LogP contribution in [-0.4, -0.2) is 41.3 Å². The fraction of sp³-hybridized carbons (Fsp3) is 0.933. The van der Waals surface area contributed by atoms with Crippen LogP contribution in [0.1, 0.15) is 59.3 Å². The van der Waals surface area contributed by atoms with Crippen LogP contribution in [0, 0.1) is 5.92 Å². The topological polar surface area (TPSA) is 52.6 Å². The second-order valence-corrected chi connectivity index (χ2v) is 5.89. The lowest BCUT2D eigenvalue weighted by molar-refractivity contribution is 0.168. The van der Waals surface area contributed by atoms with Gasteiger partial charge in [-0.25, -0.2) is 4.79 Å². The monoisotopic (exact) mass is 270 g/mol. The molecule has 1 fully saturated rings. The maximum atomic E-state index is 12.3. The number of rotatable bonds is 7. The van der Waals surface area contributed by atoms with E-state index < -0.39 is 0 Å². The van der Waals surface area contributed by atoms with Crippen molar-refractivity contribution in [2.45, 2.75) is 71.4 Å². The molecule has 1 aliphatic rings. The third-order valence-corrected chi connectivity index (χ3v) is 4.13. The molecule has 19 heavy (non-hydrogen) atoms. The Labute approximate surface area is 117 Å². The van der Waals surface area contributed by atoms with Gasteiger partial charge in [-0.1, -0.05) is 20.3 Å². The lowest BCUT2D eigenvalue weighted by Gasteiger charge is -2.30. The van der Waals surface area contributed by atoms with Crippen molar-refractivity contribution in [3.05, 3.63) is 0 Å². The van der Waals surface area contributed by atoms with Crippen LogP contribution in [0.25, 0.3) is 0 Å². The Bertz CT molecular complexity index is 271. The molecule has 0 aromatic rings. The lowest BCUT2D eigenvalue weighted by atomic mass is 9.95. The summed E-state index contributed by atoms with van der Waals surface area (Å²) in [5, 5.41) is 11.9. The van der Waals surface area contributed by atoms with E-state index >= 15 is 0 Å². The molecule has 0 aromatic carbocycles. The summed E-state index contributed by atoms with van der Waals surface area (Å²) < 4.78 is 0. The molecule has 0 saturated carbocycles. The van der Waals surface area contributed by atoms with Crippen LogP contribution in [-0.2, 0) is 0 Å². The van der Waals surface area contributed by atoms with E-state index in [9.17, 15) is 4.79 Å². The number of amides is 2. The first-order valence-electron chi connectivity index (χ1n) is 7.78. The number of carbonyl (C=O) groups is 1. The summed E-state index contributed by atoms with van der Waals surface area (Å²) in [5.74, 6) is 0.589. The lowest BCUT2D eigenvalue weighted by Crippen LogP contribution is -2.47. The van der Waals surface area contributed by atoms with Gasteiger partial charge in [0.1, 0.15) is 0 Å². The summed E-state index contributed by atoms with van der Waals surface area (Å²) in [6, 6.07) is 0.628. The highest BCUT2D eigenvalue weighted by atomic mass is 16.3. The Balaban J connectivity index is 2.45. The number of hydrogen-bond donors (Lipinski definition) is 2. The van der Waals surface area contributed by atoms with Crippen molar-refractivity contribution in [3.8, 4) is 0 Å². The predicted octanol–water partition coefficient (Wildman–Crippen LogP) is 2.76. The molecule has 2 amide bonds. The molecule has 3 unspecified atom stereocenters. The Morgan fingerprint density at radius 2 is 2.16 bits per heavy atom. The highest BCUT2D eigenvalue weighted by molar-refractivity contribution is 5.75. The maximum Gasteiger partial charge on any atom is 0.317 e. The summed E-state index contributed by atoms with van der Waals surface area (Å²) in [6.45, 7) is 7.55. The molecule has 112 valence electrons. The third-order valence-electron chi connectivity index (χ3n) is 4.13. The zero-order valence-electron chi connectivity index (χ0n) is 12.7. The van der Waals surface area contributed by atoms with E-state index in [0.29, 0.717) is 12.0 Å². The SMILES string of the molecule is CCCC(C)C1CCCN1C(=O)NC(C)CCCO. The maximum absolute atomic E-state index is 12.3. The molecule has 2 N–H and O–H groups in total. The zero-order chi connectivity index (χ0) is 14.3. The first kappa shape index (κ1) is 16.3. The molecule has 3 atom stereocenters. The number of aliphatic hydroxyl groups is 1. The van der Waals surface area contributed by atoms with Gasteiger partial charge in [0.15, 0.2) is 0 Å². The van der Waals surface area contributed by atoms with Crippen molar-refractivity contribution in [3.63, 3.8) is 0 Å². The smallest absolute Gasteiger partial charge is 0.317 e. The van der Waals surface area contributed by atoms with E-state index in [4.69, 9.17) is 5.11 Å². The third kappa shape index (κ3) is 5.01. The van der Waals surface area contributed by atoms with Crippen molar-refractivity contribution in [1.29, 1.82) is 0 Å². The van der Waals surface area contributed by atoms with E-state index in [-0.39, 0.29) is 18.7 Å². The Morgan fingerprint density at radius 3 is 2.79 bits per heavy atom. The molecule has 0 bridgehead atoms. The van der Waals surface area contributed by atoms with Gasteiger partial charge >= 0.3 is 6.03 Å². The minimum atomic E-state index is 0.0795. The molecule has 0 radical (unpaired) electrons. The second-order valence-electron chi connectivity index (χ2n) is 5.89. The Morgan fingerprint density at radius 1 is 1.42 bits per heavy atom. The molecule has 1 saturated heterocycles. The molecule has 1 aliphatic heterocycles. The predicted molar refractivity (Wildman–Crippen MR) is 78.1 cm³/mol. The van der Waals surface area contributed by atoms with Crippen LogP contribution in [0.2, 0.25) is 0 Å². The number of nitrogens with zero attached hydrogens (tertiary/aromatic N) is 1. The molecular weight excluding hydrogens is 240 g/mol. The fourth-order valence-electron chi connectivity index (χ4n) is 3.05. The zero-order valence-corrected chi connectivity index (χ0v) is 12.7. The first-order chi connectivity index (χ1) is 9.10. The van der Waals surface area contributed by atoms with Gasteiger partial charge < -0.3 is 15.3 Å². The van der Waals surface area contributed by atoms with Crippen LogP contribution in [0.3, 0.4) is 0 Å². The molecule has 4 nitrogen and oxygen atoms in total. The van der Waals surface area contributed by atoms with Crippen LogP contribution < -0.4 is 5.32 Å². The average molecular weight is 270 g/mol. The molecule has 0 spiro atoms. The molecular formula is C15H30N2O2. The van der Waals surface area contributed by atoms with Crippen molar-refractivity contribution in [2.75, 3.05) is 13.2 Å². The highest BCUT2D eigenvalue weighted by Crippen LogP contribution is 2.26. The molecule has 0 aromatic heterocycles. The molecule has 1 heterocycles. The van der Waals surface area contributed by atoms with Crippen LogP contribution >= 0.6 is 0 Å². The van der Waals surface area contributed by atoms with E-state index in [1.807, 2.05) is 11.8 Å². The minimum Gasteiger partial charge on any atom is -0.396 e. The van der Waals surface area contributed by atoms with E-state index in [1.165, 1.54) is 12.8 Å². The van der Waals surface area contributed by atoms with Gasteiger partial charge in [-0.05, 0) is 44.9 Å². The number of urea groups is 1.